The molecule has 20 heavy (non-hydrogen) atoms. The van der Waals surface area contributed by atoms with E-state index in [9.17, 15) is 18.0 Å². The minimum Gasteiger partial charge on any atom is -0.462 e. The van der Waals surface area contributed by atoms with Gasteiger partial charge in [0.05, 0.1) is 17.9 Å². The normalized spacial score (nSPS) is 14.7. The van der Waals surface area contributed by atoms with Crippen LogP contribution >= 0.6 is 11.8 Å². The van der Waals surface area contributed by atoms with Gasteiger partial charge in [0.2, 0.25) is 0 Å². The van der Waals surface area contributed by atoms with Crippen molar-refractivity contribution in [2.45, 2.75) is 24.9 Å². The molecule has 0 unspecified atom stereocenters. The zero-order valence-electron chi connectivity index (χ0n) is 10.8. The fourth-order valence-corrected chi connectivity index (χ4v) is 2.65. The van der Waals surface area contributed by atoms with E-state index in [4.69, 9.17) is 4.74 Å². The first kappa shape index (κ1) is 14.8. The maximum absolute atomic E-state index is 12.6. The number of allylic oxidation sites excluding steroid dienone is 1. The van der Waals surface area contributed by atoms with Gasteiger partial charge < -0.3 is 10.1 Å². The van der Waals surface area contributed by atoms with Crippen LogP contribution in [0.4, 0.5) is 18.9 Å². The number of hydrogen-bond acceptors (Lipinski definition) is 4. The molecule has 0 aromatic heterocycles. The highest BCUT2D eigenvalue weighted by molar-refractivity contribution is 8.04. The van der Waals surface area contributed by atoms with Crippen molar-refractivity contribution in [1.29, 1.82) is 0 Å². The van der Waals surface area contributed by atoms with Gasteiger partial charge in [0.25, 0.3) is 0 Å². The molecule has 108 valence electrons. The molecule has 0 atom stereocenters. The Labute approximate surface area is 118 Å². The number of rotatable bonds is 2. The fraction of sp³-hybridized carbons (Fsp3) is 0.308. The van der Waals surface area contributed by atoms with Gasteiger partial charge in [-0.15, -0.1) is 0 Å². The van der Waals surface area contributed by atoms with Gasteiger partial charge in [-0.1, -0.05) is 11.8 Å². The van der Waals surface area contributed by atoms with Crippen LogP contribution in [-0.4, -0.2) is 12.6 Å². The third kappa shape index (κ3) is 2.92. The van der Waals surface area contributed by atoms with E-state index in [1.54, 1.807) is 13.8 Å². The largest absolute Gasteiger partial charge is 0.462 e. The van der Waals surface area contributed by atoms with Crippen LogP contribution in [0, 0.1) is 0 Å². The number of carbonyl (C=O) groups excluding carboxylic acids is 1. The molecule has 0 fully saturated rings. The lowest BCUT2D eigenvalue weighted by atomic mass is 10.2. The molecule has 0 saturated carbocycles. The summed E-state index contributed by atoms with van der Waals surface area (Å²) in [5.41, 5.74) is 0.104. The fourth-order valence-electron chi connectivity index (χ4n) is 1.73. The van der Waals surface area contributed by atoms with Gasteiger partial charge in [-0.2, -0.15) is 13.2 Å². The first-order chi connectivity index (χ1) is 9.32. The number of benzene rings is 1. The van der Waals surface area contributed by atoms with Crippen molar-refractivity contribution < 1.29 is 22.7 Å². The zero-order valence-corrected chi connectivity index (χ0v) is 11.6. The highest BCUT2D eigenvalue weighted by Gasteiger charge is 2.32. The van der Waals surface area contributed by atoms with E-state index in [2.05, 4.69) is 5.32 Å². The van der Waals surface area contributed by atoms with Gasteiger partial charge in [-0.25, -0.2) is 4.79 Å². The van der Waals surface area contributed by atoms with E-state index in [1.165, 1.54) is 6.07 Å². The maximum atomic E-state index is 12.6. The predicted molar refractivity (Wildman–Crippen MR) is 70.3 cm³/mol. The van der Waals surface area contributed by atoms with Crippen molar-refractivity contribution in [3.05, 3.63) is 34.4 Å². The lowest BCUT2D eigenvalue weighted by Crippen LogP contribution is -2.15. The van der Waals surface area contributed by atoms with Crippen LogP contribution in [0.2, 0.25) is 0 Å². The Kier molecular flexibility index (Phi) is 3.99. The van der Waals surface area contributed by atoms with Crippen LogP contribution in [-0.2, 0) is 15.7 Å². The molecule has 1 heterocycles. The smallest absolute Gasteiger partial charge is 0.416 e. The summed E-state index contributed by atoms with van der Waals surface area (Å²) in [6.07, 6.45) is -4.39. The van der Waals surface area contributed by atoms with Crippen LogP contribution in [0.1, 0.15) is 19.4 Å². The molecular formula is C13H12F3NO2S. The van der Waals surface area contributed by atoms with Crippen molar-refractivity contribution in [3.8, 4) is 0 Å². The number of ether oxygens (including phenoxy) is 1. The van der Waals surface area contributed by atoms with Crippen LogP contribution in [0.5, 0.6) is 0 Å². The topological polar surface area (TPSA) is 38.3 Å². The van der Waals surface area contributed by atoms with Crippen molar-refractivity contribution >= 4 is 23.4 Å². The number of alkyl halides is 3. The summed E-state index contributed by atoms with van der Waals surface area (Å²) in [5, 5.41) is 2.82. The Morgan fingerprint density at radius 1 is 1.40 bits per heavy atom. The number of carbonyl (C=O) groups is 1. The number of halogens is 3. The summed E-state index contributed by atoms with van der Waals surface area (Å²) >= 11 is 1.11. The highest BCUT2D eigenvalue weighted by Crippen LogP contribution is 2.42. The second kappa shape index (κ2) is 5.40. The van der Waals surface area contributed by atoms with Crippen LogP contribution in [0.15, 0.2) is 33.7 Å². The summed E-state index contributed by atoms with van der Waals surface area (Å²) in [7, 11) is 0. The van der Waals surface area contributed by atoms with Gasteiger partial charge in [-0.05, 0) is 32.0 Å². The average molecular weight is 303 g/mol. The number of nitrogens with one attached hydrogen (secondary N) is 1. The molecule has 0 saturated heterocycles. The van der Waals surface area contributed by atoms with Crippen LogP contribution in [0.3, 0.4) is 0 Å². The van der Waals surface area contributed by atoms with E-state index < -0.39 is 17.7 Å². The third-order valence-corrected chi connectivity index (χ3v) is 3.90. The average Bonchev–Trinajstić information content (AvgIpc) is 2.36. The van der Waals surface area contributed by atoms with Crippen molar-refractivity contribution in [2.75, 3.05) is 11.9 Å². The molecule has 1 aromatic carbocycles. The molecular weight excluding hydrogens is 291 g/mol. The summed E-state index contributed by atoms with van der Waals surface area (Å²) in [4.78, 5) is 12.6. The molecule has 3 nitrogen and oxygen atoms in total. The Morgan fingerprint density at radius 3 is 2.70 bits per heavy atom. The molecule has 0 radical (unpaired) electrons. The number of hydrogen-bond donors (Lipinski definition) is 1. The first-order valence-electron chi connectivity index (χ1n) is 5.87. The predicted octanol–water partition coefficient (Wildman–Crippen LogP) is 4.02. The quantitative estimate of drug-likeness (QED) is 0.838. The van der Waals surface area contributed by atoms with Crippen molar-refractivity contribution in [3.63, 3.8) is 0 Å². The third-order valence-electron chi connectivity index (χ3n) is 2.64. The van der Waals surface area contributed by atoms with Crippen LogP contribution in [0.25, 0.3) is 0 Å². The maximum Gasteiger partial charge on any atom is 0.416 e. The van der Waals surface area contributed by atoms with Gasteiger partial charge >= 0.3 is 12.1 Å². The molecule has 0 bridgehead atoms. The number of anilines is 1. The molecule has 2 rings (SSSR count). The molecule has 0 amide bonds. The van der Waals surface area contributed by atoms with Crippen LogP contribution < -0.4 is 5.32 Å². The summed E-state index contributed by atoms with van der Waals surface area (Å²) in [6.45, 7) is 3.57. The molecule has 7 heteroatoms. The lowest BCUT2D eigenvalue weighted by molar-refractivity contribution is -0.138. The van der Waals surface area contributed by atoms with E-state index >= 15 is 0 Å². The summed E-state index contributed by atoms with van der Waals surface area (Å²) < 4.78 is 42.8. The minimum absolute atomic E-state index is 0.246. The highest BCUT2D eigenvalue weighted by atomic mass is 32.2. The number of fused-ring (bicyclic) bond motifs is 1. The molecule has 1 N–H and O–H groups in total. The first-order valence-corrected chi connectivity index (χ1v) is 6.68. The van der Waals surface area contributed by atoms with E-state index in [1.807, 2.05) is 0 Å². The van der Waals surface area contributed by atoms with Gasteiger partial charge in [-0.3, -0.25) is 0 Å². The zero-order chi connectivity index (χ0) is 14.9. The molecule has 0 aliphatic carbocycles. The standard InChI is InChI=1S/C13H12F3NO2S/c1-3-19-12(18)11-7(2)17-9-6-8(13(14,15)16)4-5-10(9)20-11/h4-6,17H,3H2,1-2H3. The molecule has 1 aliphatic heterocycles. The van der Waals surface area contributed by atoms with Crippen molar-refractivity contribution in [1.82, 2.24) is 0 Å². The van der Waals surface area contributed by atoms with E-state index in [0.29, 0.717) is 21.2 Å². The Balaban J connectivity index is 2.31. The summed E-state index contributed by atoms with van der Waals surface area (Å²) in [6, 6.07) is 3.38. The van der Waals surface area contributed by atoms with E-state index in [0.717, 1.165) is 23.9 Å². The molecule has 0 spiro atoms. The molecule has 1 aliphatic rings. The van der Waals surface area contributed by atoms with E-state index in [-0.39, 0.29) is 6.61 Å². The SMILES string of the molecule is CCOC(=O)C1=C(C)Nc2cc(C(F)(F)F)ccc2S1. The monoisotopic (exact) mass is 303 g/mol. The Bertz CT molecular complexity index is 581. The Morgan fingerprint density at radius 2 is 2.10 bits per heavy atom. The van der Waals surface area contributed by atoms with Crippen molar-refractivity contribution in [2.24, 2.45) is 0 Å². The number of esters is 1. The number of thioether (sulfide) groups is 1. The van der Waals surface area contributed by atoms with Gasteiger partial charge in [0.15, 0.2) is 0 Å². The lowest BCUT2D eigenvalue weighted by Gasteiger charge is -2.22. The minimum atomic E-state index is -4.39. The van der Waals surface area contributed by atoms with Gasteiger partial charge in [0.1, 0.15) is 4.91 Å². The summed E-state index contributed by atoms with van der Waals surface area (Å²) in [5.74, 6) is -0.479. The Hall–Kier alpha value is -1.63. The second-order valence-electron chi connectivity index (χ2n) is 4.11. The van der Waals surface area contributed by atoms with Gasteiger partial charge in [0, 0.05) is 10.6 Å². The molecule has 1 aromatic rings. The second-order valence-corrected chi connectivity index (χ2v) is 5.16.